The van der Waals surface area contributed by atoms with Gasteiger partial charge in [0.05, 0.1) is 0 Å². The highest BCUT2D eigenvalue weighted by Crippen LogP contribution is 2.45. The van der Waals surface area contributed by atoms with Crippen molar-refractivity contribution in [3.63, 3.8) is 0 Å². The van der Waals surface area contributed by atoms with Gasteiger partial charge in [-0.2, -0.15) is 15.0 Å². The summed E-state index contributed by atoms with van der Waals surface area (Å²) in [5.74, 6) is 8.87. The van der Waals surface area contributed by atoms with Crippen LogP contribution in [0.4, 0.5) is 23.3 Å². The Morgan fingerprint density at radius 1 is 0.229 bits per heavy atom. The van der Waals surface area contributed by atoms with Crippen molar-refractivity contribution in [3.05, 3.63) is 54.1 Å². The van der Waals surface area contributed by atoms with E-state index in [0.717, 1.165) is 39.9 Å². The molecule has 11 heteroatoms. The van der Waals surface area contributed by atoms with Gasteiger partial charge in [-0.15, -0.1) is 70.6 Å². The maximum Gasteiger partial charge on any atom is 0.232 e. The van der Waals surface area contributed by atoms with Crippen LogP contribution in [0.25, 0.3) is 11.4 Å². The summed E-state index contributed by atoms with van der Waals surface area (Å²) in [4.78, 5) is 24.8. The lowest BCUT2D eigenvalue weighted by Crippen LogP contribution is -2.06. The van der Waals surface area contributed by atoms with Gasteiger partial charge in [0.25, 0.3) is 0 Å². The molecule has 0 saturated carbocycles. The molecule has 3 aromatic carbocycles. The van der Waals surface area contributed by atoms with Crippen LogP contribution >= 0.6 is 70.6 Å². The van der Waals surface area contributed by atoms with Gasteiger partial charge < -0.3 is 10.6 Å². The third-order valence-corrected chi connectivity index (χ3v) is 28.5. The molecule has 2 N–H and O–H groups in total. The molecule has 0 amide bonds. The van der Waals surface area contributed by atoms with Crippen molar-refractivity contribution in [2.75, 3.05) is 45.2 Å². The Balaban J connectivity index is 1.72. The fourth-order valence-electron chi connectivity index (χ4n) is 14.2. The second-order valence-corrected chi connectivity index (χ2v) is 38.0. The monoisotopic (exact) mass is 1550 g/mol. The molecule has 0 bridgehead atoms. The van der Waals surface area contributed by atoms with Crippen LogP contribution in [0.1, 0.15) is 432 Å². The highest BCUT2D eigenvalue weighted by Gasteiger charge is 2.19. The highest BCUT2D eigenvalue weighted by atomic mass is 32.2. The first-order chi connectivity index (χ1) is 51.9. The van der Waals surface area contributed by atoms with Gasteiger partial charge in [0.15, 0.2) is 5.82 Å². The minimum absolute atomic E-state index is 0.597. The molecule has 0 aliphatic rings. The maximum atomic E-state index is 5.39. The van der Waals surface area contributed by atoms with E-state index < -0.39 is 0 Å². The number of anilines is 4. The number of thioether (sulfide) groups is 6. The zero-order valence-electron chi connectivity index (χ0n) is 69.6. The lowest BCUT2D eigenvalue weighted by atomic mass is 10.1. The molecule has 1 heterocycles. The van der Waals surface area contributed by atoms with Crippen molar-refractivity contribution in [2.24, 2.45) is 0 Å². The van der Waals surface area contributed by atoms with E-state index in [9.17, 15) is 0 Å². The van der Waals surface area contributed by atoms with Crippen LogP contribution in [0.3, 0.4) is 0 Å². The molecule has 5 nitrogen and oxygen atoms in total. The Labute approximate surface area is 677 Å². The third kappa shape index (κ3) is 50.9. The van der Waals surface area contributed by atoms with Crippen LogP contribution in [-0.4, -0.2) is 49.5 Å². The van der Waals surface area contributed by atoms with Crippen LogP contribution in [0.5, 0.6) is 0 Å². The average Bonchev–Trinajstić information content (AvgIpc) is 0.813. The molecule has 1 aromatic heterocycles. The molecule has 0 aliphatic heterocycles. The molecule has 0 fully saturated rings. The Morgan fingerprint density at radius 2 is 0.419 bits per heavy atom. The topological polar surface area (TPSA) is 62.7 Å². The third-order valence-electron chi connectivity index (χ3n) is 21.0. The summed E-state index contributed by atoms with van der Waals surface area (Å²) < 4.78 is 0. The number of nitrogens with one attached hydrogen (secondary N) is 2. The largest absolute Gasteiger partial charge is 0.324 e. The summed E-state index contributed by atoms with van der Waals surface area (Å²) >= 11 is 12.7. The Morgan fingerprint density at radius 3 is 0.629 bits per heavy atom. The summed E-state index contributed by atoms with van der Waals surface area (Å²) in [5, 5.41) is 7.84. The first-order valence-electron chi connectivity index (χ1n) is 45.4. The molecule has 0 unspecified atom stereocenters. The van der Waals surface area contributed by atoms with Crippen LogP contribution in [0.2, 0.25) is 0 Å². The van der Waals surface area contributed by atoms with Crippen molar-refractivity contribution in [1.82, 2.24) is 15.0 Å². The number of nitrogens with zero attached hydrogens (tertiary/aromatic N) is 3. The predicted octanol–water partition coefficient (Wildman–Crippen LogP) is 35.4. The zero-order chi connectivity index (χ0) is 74.6. The average molecular weight is 1560 g/mol. The van der Waals surface area contributed by atoms with Gasteiger partial charge in [-0.25, -0.2) is 0 Å². The molecular formula is C94H163N5S6. The molecule has 4 rings (SSSR count). The highest BCUT2D eigenvalue weighted by molar-refractivity contribution is 8.04. The summed E-state index contributed by atoms with van der Waals surface area (Å²) in [5.41, 5.74) is 4.41. The number of hydrogen-bond donors (Lipinski definition) is 2. The fourth-order valence-corrected chi connectivity index (χ4v) is 21.7. The van der Waals surface area contributed by atoms with E-state index in [4.69, 9.17) is 15.0 Å². The van der Waals surface area contributed by atoms with Crippen molar-refractivity contribution >= 4 is 93.8 Å². The van der Waals surface area contributed by atoms with Crippen molar-refractivity contribution < 1.29 is 0 Å². The molecule has 105 heavy (non-hydrogen) atoms. The SMILES string of the molecule is CCCCCCCCCCCCSc1cc(Nc2nc(Nc3cc(SCCCCCCCCCCCC)c(SCCCCCCCCCCCC)c(SCCCCCCCCCCCC)c3)nc(-c3ccc(C)cc3)n2)cc(SCCCCCCCCCCCC)c1SCCCCCCCCCCCC. The van der Waals surface area contributed by atoms with Crippen LogP contribution in [-0.2, 0) is 0 Å². The lowest BCUT2D eigenvalue weighted by Gasteiger charge is -2.19. The number of hydrogen-bond acceptors (Lipinski definition) is 11. The van der Waals surface area contributed by atoms with E-state index in [1.165, 1.54) is 432 Å². The quantitative estimate of drug-likeness (QED) is 0.0328. The predicted molar refractivity (Wildman–Crippen MR) is 485 cm³/mol. The van der Waals surface area contributed by atoms with E-state index in [1.807, 2.05) is 0 Å². The molecule has 0 atom stereocenters. The summed E-state index contributed by atoms with van der Waals surface area (Å²) in [6.07, 6.45) is 82.2. The summed E-state index contributed by atoms with van der Waals surface area (Å²) in [6, 6.07) is 18.7. The molecule has 600 valence electrons. The van der Waals surface area contributed by atoms with Crippen LogP contribution < -0.4 is 10.6 Å². The van der Waals surface area contributed by atoms with Crippen molar-refractivity contribution in [2.45, 2.75) is 463 Å². The van der Waals surface area contributed by atoms with Crippen LogP contribution in [0, 0.1) is 6.92 Å². The fraction of sp³-hybridized carbons (Fsp3) is 0.777. The molecule has 0 radical (unpaired) electrons. The van der Waals surface area contributed by atoms with Gasteiger partial charge >= 0.3 is 0 Å². The van der Waals surface area contributed by atoms with Gasteiger partial charge in [0, 0.05) is 46.3 Å². The number of aryl methyl sites for hydroxylation is 1. The number of benzene rings is 3. The normalized spacial score (nSPS) is 11.6. The van der Waals surface area contributed by atoms with Gasteiger partial charge in [-0.1, -0.05) is 418 Å². The minimum Gasteiger partial charge on any atom is -0.324 e. The number of aromatic nitrogens is 3. The Kier molecular flexibility index (Phi) is 64.1. The van der Waals surface area contributed by atoms with E-state index in [0.29, 0.717) is 17.7 Å². The van der Waals surface area contributed by atoms with Crippen molar-refractivity contribution in [3.8, 4) is 11.4 Å². The Bertz CT molecular complexity index is 2350. The van der Waals surface area contributed by atoms with Gasteiger partial charge in [-0.05, 0) is 104 Å². The molecule has 4 aromatic rings. The van der Waals surface area contributed by atoms with Crippen molar-refractivity contribution in [1.29, 1.82) is 0 Å². The van der Waals surface area contributed by atoms with Crippen LogP contribution in [0.15, 0.2) is 77.9 Å². The molecule has 0 saturated heterocycles. The van der Waals surface area contributed by atoms with Gasteiger partial charge in [-0.3, -0.25) is 0 Å². The van der Waals surface area contributed by atoms with E-state index in [-0.39, 0.29) is 0 Å². The lowest BCUT2D eigenvalue weighted by molar-refractivity contribution is 0.563. The maximum absolute atomic E-state index is 5.39. The molecular weight excluding hydrogens is 1390 g/mol. The van der Waals surface area contributed by atoms with Gasteiger partial charge in [0.1, 0.15) is 0 Å². The second-order valence-electron chi connectivity index (χ2n) is 31.2. The minimum atomic E-state index is 0.597. The molecule has 0 aliphatic carbocycles. The molecule has 0 spiro atoms. The van der Waals surface area contributed by atoms with E-state index in [2.05, 4.69) is 178 Å². The first-order valence-corrected chi connectivity index (χ1v) is 51.3. The summed E-state index contributed by atoms with van der Waals surface area (Å²) in [7, 11) is 0. The number of unbranched alkanes of at least 4 members (excludes halogenated alkanes) is 54. The van der Waals surface area contributed by atoms with Gasteiger partial charge in [0.2, 0.25) is 11.9 Å². The smallest absolute Gasteiger partial charge is 0.232 e. The zero-order valence-corrected chi connectivity index (χ0v) is 74.5. The second kappa shape index (κ2) is 70.2. The summed E-state index contributed by atoms with van der Waals surface area (Å²) in [6.45, 7) is 16.1. The first kappa shape index (κ1) is 95.7. The van der Waals surface area contributed by atoms with E-state index in [1.54, 1.807) is 0 Å². The standard InChI is InChI=1S/C94H163N5S6/c1-8-14-20-26-32-38-44-50-56-62-72-100-86-78-84(79-87(101-73-63-57-51-45-39-33-27-21-15-9-2)90(86)104-76-66-60-54-48-42-36-30-24-18-12-5)95-93-97-92(83-70-68-82(7)69-71-83)98-94(99-93)96-85-80-88(102-74-64-58-52-46-40-34-28-22-16-10-3)91(105-77-67-61-55-49-43-37-31-25-19-13-6)89(81-85)103-75-65-59-53-47-41-35-29-23-17-11-4/h68-71,78-81H,8-67,72-77H2,1-7H3,(H2,95,96,97,98,99). The number of rotatable bonds is 77. The van der Waals surface area contributed by atoms with E-state index >= 15 is 0 Å². The Hall–Kier alpha value is -1.63.